The minimum atomic E-state index is -0.376. The van der Waals surface area contributed by atoms with E-state index in [-0.39, 0.29) is 11.9 Å². The number of hydrogen-bond acceptors (Lipinski definition) is 4. The van der Waals surface area contributed by atoms with Crippen molar-refractivity contribution in [2.45, 2.75) is 26.1 Å². The van der Waals surface area contributed by atoms with E-state index in [2.05, 4.69) is 5.32 Å². The van der Waals surface area contributed by atoms with Crippen molar-refractivity contribution in [2.24, 2.45) is 5.73 Å². The van der Waals surface area contributed by atoms with Gasteiger partial charge in [0.25, 0.3) is 0 Å². The van der Waals surface area contributed by atoms with E-state index in [1.807, 2.05) is 12.1 Å². The van der Waals surface area contributed by atoms with Crippen molar-refractivity contribution >= 4 is 5.91 Å². The van der Waals surface area contributed by atoms with Crippen LogP contribution in [0.25, 0.3) is 0 Å². The van der Waals surface area contributed by atoms with E-state index < -0.39 is 0 Å². The fraction of sp³-hybridized carbons (Fsp3) is 0.500. The molecule has 84 valence electrons. The van der Waals surface area contributed by atoms with Gasteiger partial charge in [0.05, 0.1) is 12.6 Å². The van der Waals surface area contributed by atoms with Gasteiger partial charge in [-0.15, -0.1) is 0 Å². The predicted molar refractivity (Wildman–Crippen MR) is 54.9 cm³/mol. The Bertz CT molecular complexity index is 322. The number of methoxy groups -OCH3 is 1. The molecule has 1 aromatic rings. The topological polar surface area (TPSA) is 77.5 Å². The summed E-state index contributed by atoms with van der Waals surface area (Å²) in [6.45, 7) is 2.64. The molecule has 0 saturated carbocycles. The lowest BCUT2D eigenvalue weighted by Crippen LogP contribution is -2.38. The van der Waals surface area contributed by atoms with Gasteiger partial charge in [-0.25, -0.2) is 0 Å². The Labute approximate surface area is 88.6 Å². The maximum absolute atomic E-state index is 10.7. The molecule has 5 heteroatoms. The fourth-order valence-electron chi connectivity index (χ4n) is 1.09. The van der Waals surface area contributed by atoms with Crippen LogP contribution in [0.4, 0.5) is 0 Å². The number of carbonyl (C=O) groups is 1. The van der Waals surface area contributed by atoms with Gasteiger partial charge in [-0.2, -0.15) is 0 Å². The first-order valence-corrected chi connectivity index (χ1v) is 4.72. The first kappa shape index (κ1) is 11.7. The summed E-state index contributed by atoms with van der Waals surface area (Å²) in [5.41, 5.74) is 5.10. The molecule has 3 N–H and O–H groups in total. The van der Waals surface area contributed by atoms with Gasteiger partial charge in [0.15, 0.2) is 0 Å². The molecular formula is C10H16N2O3. The highest BCUT2D eigenvalue weighted by atomic mass is 16.5. The molecule has 0 aliphatic carbocycles. The van der Waals surface area contributed by atoms with Gasteiger partial charge in [0.1, 0.15) is 18.1 Å². The fourth-order valence-corrected chi connectivity index (χ4v) is 1.09. The van der Waals surface area contributed by atoms with Gasteiger partial charge >= 0.3 is 0 Å². The van der Waals surface area contributed by atoms with Crippen LogP contribution in [0.5, 0.6) is 0 Å². The summed E-state index contributed by atoms with van der Waals surface area (Å²) >= 11 is 0. The van der Waals surface area contributed by atoms with E-state index in [9.17, 15) is 4.79 Å². The molecule has 15 heavy (non-hydrogen) atoms. The number of rotatable bonds is 6. The second kappa shape index (κ2) is 5.53. The normalized spacial score (nSPS) is 12.7. The van der Waals surface area contributed by atoms with Crippen LogP contribution in [0, 0.1) is 0 Å². The van der Waals surface area contributed by atoms with Crippen molar-refractivity contribution in [3.8, 4) is 0 Å². The van der Waals surface area contributed by atoms with E-state index in [1.54, 1.807) is 14.0 Å². The smallest absolute Gasteiger partial charge is 0.234 e. The molecule has 0 aliphatic heterocycles. The number of hydrogen-bond donors (Lipinski definition) is 2. The van der Waals surface area contributed by atoms with Crippen molar-refractivity contribution in [3.63, 3.8) is 0 Å². The molecule has 0 aliphatic rings. The number of ether oxygens (including phenoxy) is 1. The molecule has 1 unspecified atom stereocenters. The summed E-state index contributed by atoms with van der Waals surface area (Å²) in [6, 6.07) is 3.32. The van der Waals surface area contributed by atoms with Crippen LogP contribution in [0.1, 0.15) is 18.4 Å². The van der Waals surface area contributed by atoms with Crippen molar-refractivity contribution in [3.05, 3.63) is 23.7 Å². The minimum Gasteiger partial charge on any atom is -0.462 e. The zero-order valence-electron chi connectivity index (χ0n) is 8.95. The monoisotopic (exact) mass is 212 g/mol. The van der Waals surface area contributed by atoms with Crippen LogP contribution in [0.2, 0.25) is 0 Å². The Morgan fingerprint density at radius 1 is 1.60 bits per heavy atom. The maximum Gasteiger partial charge on any atom is 0.234 e. The third-order valence-electron chi connectivity index (χ3n) is 2.01. The maximum atomic E-state index is 10.7. The summed E-state index contributed by atoms with van der Waals surface area (Å²) < 4.78 is 10.3. The molecule has 1 aromatic heterocycles. The van der Waals surface area contributed by atoms with Gasteiger partial charge in [0, 0.05) is 7.11 Å². The number of amides is 1. The van der Waals surface area contributed by atoms with Crippen LogP contribution in [0.15, 0.2) is 16.5 Å². The number of primary amides is 1. The van der Waals surface area contributed by atoms with Crippen LogP contribution in [0.3, 0.4) is 0 Å². The largest absolute Gasteiger partial charge is 0.462 e. The average Bonchev–Trinajstić information content (AvgIpc) is 2.62. The van der Waals surface area contributed by atoms with Gasteiger partial charge in [-0.05, 0) is 19.1 Å². The standard InChI is InChI=1S/C10H16N2O3/c1-7(10(11)13)12-5-8-3-4-9(15-8)6-14-2/h3-4,7,12H,5-6H2,1-2H3,(H2,11,13). The van der Waals surface area contributed by atoms with Crippen molar-refractivity contribution in [2.75, 3.05) is 7.11 Å². The lowest BCUT2D eigenvalue weighted by Gasteiger charge is -2.07. The van der Waals surface area contributed by atoms with Crippen molar-refractivity contribution in [1.82, 2.24) is 5.32 Å². The average molecular weight is 212 g/mol. The van der Waals surface area contributed by atoms with Crippen LogP contribution in [-0.4, -0.2) is 19.1 Å². The van der Waals surface area contributed by atoms with E-state index in [1.165, 1.54) is 0 Å². The molecule has 1 amide bonds. The molecule has 1 rings (SSSR count). The van der Waals surface area contributed by atoms with E-state index in [0.717, 1.165) is 11.5 Å². The van der Waals surface area contributed by atoms with Crippen LogP contribution in [-0.2, 0) is 22.7 Å². The Kier molecular flexibility index (Phi) is 4.33. The minimum absolute atomic E-state index is 0.360. The molecule has 5 nitrogen and oxygen atoms in total. The summed E-state index contributed by atoms with van der Waals surface area (Å²) in [6.07, 6.45) is 0. The highest BCUT2D eigenvalue weighted by Gasteiger charge is 2.08. The highest BCUT2D eigenvalue weighted by molar-refractivity contribution is 5.79. The van der Waals surface area contributed by atoms with Crippen molar-refractivity contribution in [1.29, 1.82) is 0 Å². The van der Waals surface area contributed by atoms with Gasteiger partial charge in [0.2, 0.25) is 5.91 Å². The Hall–Kier alpha value is -1.33. The summed E-state index contributed by atoms with van der Waals surface area (Å²) in [4.78, 5) is 10.7. The van der Waals surface area contributed by atoms with Crippen molar-refractivity contribution < 1.29 is 13.9 Å². The molecule has 0 spiro atoms. The lowest BCUT2D eigenvalue weighted by atomic mass is 10.3. The Morgan fingerprint density at radius 3 is 2.87 bits per heavy atom. The molecular weight excluding hydrogens is 196 g/mol. The Morgan fingerprint density at radius 2 is 2.27 bits per heavy atom. The predicted octanol–water partition coefficient (Wildman–Crippen LogP) is 0.389. The summed E-state index contributed by atoms with van der Waals surface area (Å²) in [5, 5.41) is 2.94. The molecule has 0 fully saturated rings. The SMILES string of the molecule is COCc1ccc(CNC(C)C(N)=O)o1. The third kappa shape index (κ3) is 3.73. The molecule has 0 saturated heterocycles. The first-order valence-electron chi connectivity index (χ1n) is 4.72. The third-order valence-corrected chi connectivity index (χ3v) is 2.01. The summed E-state index contributed by atoms with van der Waals surface area (Å²) in [5.74, 6) is 1.15. The van der Waals surface area contributed by atoms with Crippen LogP contribution < -0.4 is 11.1 Å². The zero-order chi connectivity index (χ0) is 11.3. The molecule has 0 aromatic carbocycles. The summed E-state index contributed by atoms with van der Waals surface area (Å²) in [7, 11) is 1.61. The lowest BCUT2D eigenvalue weighted by molar-refractivity contribution is -0.119. The van der Waals surface area contributed by atoms with E-state index in [4.69, 9.17) is 14.9 Å². The molecule has 0 bridgehead atoms. The molecule has 1 heterocycles. The number of carbonyl (C=O) groups excluding carboxylic acids is 1. The van der Waals surface area contributed by atoms with Gasteiger partial charge in [-0.1, -0.05) is 0 Å². The molecule has 1 atom stereocenters. The van der Waals surface area contributed by atoms with Gasteiger partial charge in [-0.3, -0.25) is 10.1 Å². The van der Waals surface area contributed by atoms with E-state index >= 15 is 0 Å². The van der Waals surface area contributed by atoms with Gasteiger partial charge < -0.3 is 14.9 Å². The first-order chi connectivity index (χ1) is 7.13. The zero-order valence-corrected chi connectivity index (χ0v) is 8.95. The quantitative estimate of drug-likeness (QED) is 0.715. The number of furan rings is 1. The number of nitrogens with one attached hydrogen (secondary N) is 1. The Balaban J connectivity index is 2.40. The second-order valence-electron chi connectivity index (χ2n) is 3.31. The molecule has 0 radical (unpaired) electrons. The second-order valence-corrected chi connectivity index (χ2v) is 3.31. The number of nitrogens with two attached hydrogens (primary N) is 1. The van der Waals surface area contributed by atoms with E-state index in [0.29, 0.717) is 13.2 Å². The van der Waals surface area contributed by atoms with Crippen LogP contribution >= 0.6 is 0 Å². The highest BCUT2D eigenvalue weighted by Crippen LogP contribution is 2.08.